The Morgan fingerprint density at radius 2 is 0.864 bits per heavy atom. The number of fused-ring (bicyclic) bond motifs is 2. The normalized spacial score (nSPS) is 11.7. The Morgan fingerprint density at radius 3 is 1.18 bits per heavy atom. The molecule has 0 aromatic heterocycles. The van der Waals surface area contributed by atoms with Crippen LogP contribution in [0.15, 0.2) is 109 Å². The van der Waals surface area contributed by atoms with Gasteiger partial charge in [-0.3, -0.25) is 0 Å². The largest absolute Gasteiger partial charge is 1.00 e. The average Bonchev–Trinajstić information content (AvgIpc) is 3.57. The molecule has 0 bridgehead atoms. The van der Waals surface area contributed by atoms with Crippen molar-refractivity contribution in [2.45, 2.75) is 66.5 Å². The average molecular weight is 715 g/mol. The minimum atomic E-state index is 0. The maximum Gasteiger partial charge on any atom is -0.00276 e. The molecule has 0 heterocycles. The molecule has 0 saturated carbocycles. The van der Waals surface area contributed by atoms with Crippen molar-refractivity contribution in [3.8, 4) is 0 Å². The minimum Gasteiger partial charge on any atom is -1.00 e. The second-order valence-electron chi connectivity index (χ2n) is 11.9. The zero-order valence-electron chi connectivity index (χ0n) is 27.3. The first-order chi connectivity index (χ1) is 20.1. The van der Waals surface area contributed by atoms with Crippen LogP contribution in [0.25, 0.3) is 21.5 Å². The van der Waals surface area contributed by atoms with Crippen molar-refractivity contribution >= 4 is 27.0 Å². The summed E-state index contributed by atoms with van der Waals surface area (Å²) in [7, 11) is 0. The smallest absolute Gasteiger partial charge is 0.00276 e. The van der Waals surface area contributed by atoms with Crippen molar-refractivity contribution in [1.82, 2.24) is 0 Å². The standard InChI is InChI=1S/2C19H19.C2H6Si.2ClH.Zr/c2*1-13-11-18-14(2)9-10-17(19(18)12-13)15(3)16-7-5-4-6-8-16;1-3-2;;;/h2*4-12,15H,1-3H3;1-2H3;2*1H;/q2*-1;;;;+2/p-2. The van der Waals surface area contributed by atoms with Gasteiger partial charge in [0.2, 0.25) is 0 Å². The zero-order chi connectivity index (χ0) is 30.4. The summed E-state index contributed by atoms with van der Waals surface area (Å²) in [5, 5.41) is 5.62. The first-order valence-electron chi connectivity index (χ1n) is 15.0. The van der Waals surface area contributed by atoms with Crippen LogP contribution < -0.4 is 24.8 Å². The Balaban J connectivity index is 0.000000263. The molecule has 0 fully saturated rings. The molecule has 0 radical (unpaired) electrons. The molecule has 0 amide bonds. The van der Waals surface area contributed by atoms with Crippen LogP contribution in [0, 0.1) is 27.7 Å². The molecule has 0 aliphatic heterocycles. The number of aryl methyl sites for hydroxylation is 4. The molecule has 2 unspecified atom stereocenters. The number of hydrogen-bond donors (Lipinski definition) is 0. The summed E-state index contributed by atoms with van der Waals surface area (Å²) < 4.78 is 0. The fourth-order valence-electron chi connectivity index (χ4n) is 5.82. The number of halogens is 2. The summed E-state index contributed by atoms with van der Waals surface area (Å²) in [6.07, 6.45) is 0. The van der Waals surface area contributed by atoms with Crippen LogP contribution in [0.5, 0.6) is 0 Å². The van der Waals surface area contributed by atoms with Crippen LogP contribution in [0.1, 0.15) is 70.2 Å². The Morgan fingerprint density at radius 1 is 0.545 bits per heavy atom. The first-order valence-corrected chi connectivity index (χ1v) is 21.2. The number of rotatable bonds is 4. The third-order valence-electron chi connectivity index (χ3n) is 8.10. The van der Waals surface area contributed by atoms with Crippen LogP contribution in [0.2, 0.25) is 13.1 Å². The van der Waals surface area contributed by atoms with Gasteiger partial charge >= 0.3 is 41.9 Å². The second-order valence-corrected chi connectivity index (χ2v) is 21.3. The van der Waals surface area contributed by atoms with Crippen LogP contribution in [-0.2, 0) is 23.3 Å². The van der Waals surface area contributed by atoms with Crippen molar-refractivity contribution in [3.05, 3.63) is 154 Å². The van der Waals surface area contributed by atoms with E-state index in [9.17, 15) is 0 Å². The summed E-state index contributed by atoms with van der Waals surface area (Å²) in [5.74, 6) is 0.872. The SMILES string of the molecule is C[Si](C)=[Zr+2].Cc1cc2c(C(C)c3ccccc3)ccc(C)c2[cH-]1.Cc1cc2c(C(C)c3ccccc3)ccc(C)c2[cH-]1.[Cl-].[Cl-]. The van der Waals surface area contributed by atoms with Gasteiger partial charge in [0.25, 0.3) is 0 Å². The van der Waals surface area contributed by atoms with Crippen LogP contribution in [0.4, 0.5) is 0 Å². The molecule has 6 aromatic carbocycles. The quantitative estimate of drug-likeness (QED) is 0.169. The van der Waals surface area contributed by atoms with Gasteiger partial charge in [-0.05, 0) is 23.0 Å². The van der Waals surface area contributed by atoms with Crippen LogP contribution in [0.3, 0.4) is 0 Å². The third kappa shape index (κ3) is 9.40. The monoisotopic (exact) mass is 712 g/mol. The predicted molar refractivity (Wildman–Crippen MR) is 183 cm³/mol. The van der Waals surface area contributed by atoms with Crippen molar-refractivity contribution < 1.29 is 48.1 Å². The molecule has 2 atom stereocenters. The van der Waals surface area contributed by atoms with Crippen molar-refractivity contribution in [1.29, 1.82) is 0 Å². The van der Waals surface area contributed by atoms with Crippen LogP contribution in [-0.4, -0.2) is 5.43 Å². The van der Waals surface area contributed by atoms with E-state index < -0.39 is 0 Å². The van der Waals surface area contributed by atoms with Gasteiger partial charge in [-0.2, -0.15) is 12.1 Å². The van der Waals surface area contributed by atoms with Crippen molar-refractivity contribution in [2.75, 3.05) is 0 Å². The minimum absolute atomic E-state index is 0. The van der Waals surface area contributed by atoms with Gasteiger partial charge in [-0.1, -0.05) is 125 Å². The van der Waals surface area contributed by atoms with E-state index in [-0.39, 0.29) is 30.2 Å². The molecular formula is C40H44Cl2SiZr-2. The molecule has 0 spiro atoms. The molecule has 0 nitrogen and oxygen atoms in total. The van der Waals surface area contributed by atoms with Crippen molar-refractivity contribution in [3.63, 3.8) is 0 Å². The summed E-state index contributed by atoms with van der Waals surface area (Å²) in [5.41, 5.74) is 11.3. The fourth-order valence-corrected chi connectivity index (χ4v) is 5.82. The van der Waals surface area contributed by atoms with E-state index >= 15 is 0 Å². The van der Waals surface area contributed by atoms with E-state index in [0.717, 1.165) is 0 Å². The van der Waals surface area contributed by atoms with E-state index in [1.807, 2.05) is 0 Å². The van der Waals surface area contributed by atoms with Gasteiger partial charge in [0, 0.05) is 0 Å². The summed E-state index contributed by atoms with van der Waals surface area (Å²) in [6, 6.07) is 39.8. The van der Waals surface area contributed by atoms with Gasteiger partial charge in [-0.25, -0.2) is 0 Å². The number of hydrogen-bond acceptors (Lipinski definition) is 0. The molecule has 0 saturated heterocycles. The molecule has 6 rings (SSSR count). The van der Waals surface area contributed by atoms with E-state index in [0.29, 0.717) is 11.8 Å². The van der Waals surface area contributed by atoms with E-state index in [1.165, 1.54) is 66.1 Å². The number of benzene rings is 4. The van der Waals surface area contributed by atoms with Gasteiger partial charge < -0.3 is 24.8 Å². The fraction of sp³-hybridized carbons (Fsp3) is 0.250. The third-order valence-corrected chi connectivity index (χ3v) is 8.10. The molecule has 228 valence electrons. The van der Waals surface area contributed by atoms with Gasteiger partial charge in [0.1, 0.15) is 0 Å². The molecule has 0 aliphatic carbocycles. The Kier molecular flexibility index (Phi) is 15.1. The predicted octanol–water partition coefficient (Wildman–Crippen LogP) is 5.45. The van der Waals surface area contributed by atoms with E-state index in [1.54, 1.807) is 23.3 Å². The Bertz CT molecular complexity index is 1650. The zero-order valence-corrected chi connectivity index (χ0v) is 32.3. The van der Waals surface area contributed by atoms with E-state index in [4.69, 9.17) is 0 Å². The van der Waals surface area contributed by atoms with Crippen molar-refractivity contribution in [2.24, 2.45) is 0 Å². The molecule has 44 heavy (non-hydrogen) atoms. The second kappa shape index (κ2) is 17.5. The summed E-state index contributed by atoms with van der Waals surface area (Å²) in [6.45, 7) is 17.9. The topological polar surface area (TPSA) is 0 Å². The molecule has 6 aromatic rings. The molecule has 4 heteroatoms. The van der Waals surface area contributed by atoms with Gasteiger partial charge in [0.05, 0.1) is 0 Å². The maximum atomic E-state index is 2.32. The first kappa shape index (κ1) is 38.0. The summed E-state index contributed by atoms with van der Waals surface area (Å²) >= 11 is 1.74. The van der Waals surface area contributed by atoms with Gasteiger partial charge in [0.15, 0.2) is 0 Å². The molecule has 0 aliphatic rings. The maximum absolute atomic E-state index is 2.32. The van der Waals surface area contributed by atoms with Crippen LogP contribution >= 0.6 is 0 Å². The Hall–Kier alpha value is -2.22. The molecule has 0 N–H and O–H groups in total. The molecular weight excluding hydrogens is 671 g/mol. The summed E-state index contributed by atoms with van der Waals surface area (Å²) in [4.78, 5) is 0. The van der Waals surface area contributed by atoms with E-state index in [2.05, 4.69) is 164 Å². The van der Waals surface area contributed by atoms with Gasteiger partial charge in [-0.15, -0.1) is 68.1 Å². The Labute approximate surface area is 293 Å².